The van der Waals surface area contributed by atoms with Gasteiger partial charge in [0.25, 0.3) is 0 Å². The molecule has 0 bridgehead atoms. The van der Waals surface area contributed by atoms with Gasteiger partial charge >= 0.3 is 0 Å². The molecule has 2 N–H and O–H groups in total. The molecular formula is C23H32N6O. The summed E-state index contributed by atoms with van der Waals surface area (Å²) in [6.07, 6.45) is 5.27. The fourth-order valence-electron chi connectivity index (χ4n) is 4.57. The Kier molecular flexibility index (Phi) is 5.90. The monoisotopic (exact) mass is 408 g/mol. The minimum absolute atomic E-state index is 0.665. The van der Waals surface area contributed by atoms with Gasteiger partial charge in [-0.2, -0.15) is 14.6 Å². The van der Waals surface area contributed by atoms with Crippen molar-refractivity contribution in [3.8, 4) is 16.9 Å². The van der Waals surface area contributed by atoms with Crippen LogP contribution in [0.3, 0.4) is 0 Å². The first-order valence-corrected chi connectivity index (χ1v) is 10.8. The fourth-order valence-corrected chi connectivity index (χ4v) is 4.57. The molecular weight excluding hydrogens is 376 g/mol. The average molecular weight is 409 g/mol. The lowest BCUT2D eigenvalue weighted by molar-refractivity contribution is 0.414. The molecule has 1 saturated carbocycles. The first kappa shape index (κ1) is 20.6. The summed E-state index contributed by atoms with van der Waals surface area (Å²) in [7, 11) is 1.70. The highest BCUT2D eigenvalue weighted by Crippen LogP contribution is 2.35. The van der Waals surface area contributed by atoms with Crippen molar-refractivity contribution < 1.29 is 4.74 Å². The molecule has 0 atom stereocenters. The molecule has 0 spiro atoms. The second-order valence-corrected chi connectivity index (χ2v) is 8.29. The maximum atomic E-state index is 5.43. The number of aromatic nitrogens is 4. The summed E-state index contributed by atoms with van der Waals surface area (Å²) >= 11 is 0. The third kappa shape index (κ3) is 3.99. The molecule has 0 saturated heterocycles. The summed E-state index contributed by atoms with van der Waals surface area (Å²) in [6, 6.07) is 4.79. The van der Waals surface area contributed by atoms with Gasteiger partial charge in [-0.25, -0.2) is 4.98 Å². The number of benzene rings is 1. The van der Waals surface area contributed by atoms with E-state index in [1.807, 2.05) is 18.4 Å². The van der Waals surface area contributed by atoms with Crippen LogP contribution in [0.4, 0.5) is 5.95 Å². The number of nitrogens with zero attached hydrogens (tertiary/aromatic N) is 4. The van der Waals surface area contributed by atoms with E-state index in [0.717, 1.165) is 64.2 Å². The average Bonchev–Trinajstić information content (AvgIpc) is 3.33. The van der Waals surface area contributed by atoms with Crippen LogP contribution in [0, 0.1) is 27.7 Å². The lowest BCUT2D eigenvalue weighted by Gasteiger charge is -2.14. The number of nitrogens with one attached hydrogen (secondary N) is 2. The summed E-state index contributed by atoms with van der Waals surface area (Å²) in [4.78, 5) is 9.37. The Morgan fingerprint density at radius 1 is 1.00 bits per heavy atom. The van der Waals surface area contributed by atoms with Gasteiger partial charge in [0.15, 0.2) is 5.65 Å². The van der Waals surface area contributed by atoms with Crippen LogP contribution >= 0.6 is 0 Å². The molecule has 30 heavy (non-hydrogen) atoms. The van der Waals surface area contributed by atoms with Crippen molar-refractivity contribution in [2.75, 3.05) is 25.5 Å². The molecule has 1 aliphatic carbocycles. The van der Waals surface area contributed by atoms with Gasteiger partial charge < -0.3 is 15.4 Å². The smallest absolute Gasteiger partial charge is 0.227 e. The number of anilines is 1. The zero-order valence-electron chi connectivity index (χ0n) is 18.7. The first-order chi connectivity index (χ1) is 14.5. The van der Waals surface area contributed by atoms with Crippen molar-refractivity contribution in [3.05, 3.63) is 34.8 Å². The fraction of sp³-hybridized carbons (Fsp3) is 0.522. The van der Waals surface area contributed by atoms with Crippen LogP contribution < -0.4 is 15.4 Å². The molecule has 2 aromatic heterocycles. The molecule has 1 fully saturated rings. The van der Waals surface area contributed by atoms with E-state index in [1.165, 1.54) is 25.7 Å². The third-order valence-corrected chi connectivity index (χ3v) is 5.96. The topological polar surface area (TPSA) is 76.4 Å². The van der Waals surface area contributed by atoms with Gasteiger partial charge in [0, 0.05) is 19.1 Å². The lowest BCUT2D eigenvalue weighted by atomic mass is 9.95. The second-order valence-electron chi connectivity index (χ2n) is 8.29. The van der Waals surface area contributed by atoms with Crippen LogP contribution in [0.15, 0.2) is 12.1 Å². The van der Waals surface area contributed by atoms with E-state index in [4.69, 9.17) is 14.8 Å². The second kappa shape index (κ2) is 8.60. The van der Waals surface area contributed by atoms with Gasteiger partial charge in [-0.15, -0.1) is 0 Å². The summed E-state index contributed by atoms with van der Waals surface area (Å²) in [5.41, 5.74) is 6.30. The van der Waals surface area contributed by atoms with Crippen molar-refractivity contribution in [1.29, 1.82) is 0 Å². The number of ether oxygens (including phenoxy) is 1. The van der Waals surface area contributed by atoms with E-state index in [0.29, 0.717) is 6.04 Å². The highest BCUT2D eigenvalue weighted by Gasteiger charge is 2.20. The van der Waals surface area contributed by atoms with E-state index in [9.17, 15) is 0 Å². The van der Waals surface area contributed by atoms with Gasteiger partial charge in [-0.3, -0.25) is 0 Å². The molecule has 7 nitrogen and oxygen atoms in total. The molecule has 7 heteroatoms. The normalized spacial score (nSPS) is 14.6. The van der Waals surface area contributed by atoms with Crippen LogP contribution in [-0.4, -0.2) is 45.8 Å². The molecule has 1 aliphatic rings. The number of fused-ring (bicyclic) bond motifs is 1. The summed E-state index contributed by atoms with van der Waals surface area (Å²) in [6.45, 7) is 9.90. The van der Waals surface area contributed by atoms with Crippen molar-refractivity contribution in [1.82, 2.24) is 24.9 Å². The van der Waals surface area contributed by atoms with E-state index in [-0.39, 0.29) is 0 Å². The highest BCUT2D eigenvalue weighted by molar-refractivity contribution is 5.84. The van der Waals surface area contributed by atoms with Gasteiger partial charge in [-0.05, 0) is 69.4 Å². The summed E-state index contributed by atoms with van der Waals surface area (Å²) in [5.74, 6) is 2.34. The Balaban J connectivity index is 1.65. The zero-order chi connectivity index (χ0) is 21.3. The Bertz CT molecular complexity index is 1030. The van der Waals surface area contributed by atoms with E-state index < -0.39 is 0 Å². The van der Waals surface area contributed by atoms with E-state index in [1.54, 1.807) is 7.11 Å². The van der Waals surface area contributed by atoms with Crippen molar-refractivity contribution in [2.24, 2.45) is 0 Å². The number of methoxy groups -OCH3 is 1. The number of aryl methyl sites for hydroxylation is 4. The Morgan fingerprint density at radius 2 is 1.70 bits per heavy atom. The van der Waals surface area contributed by atoms with Crippen molar-refractivity contribution in [3.63, 3.8) is 0 Å². The molecule has 2 heterocycles. The Labute approximate surface area is 178 Å². The molecule has 0 radical (unpaired) electrons. The maximum absolute atomic E-state index is 5.43. The predicted molar refractivity (Wildman–Crippen MR) is 120 cm³/mol. The van der Waals surface area contributed by atoms with E-state index >= 15 is 0 Å². The van der Waals surface area contributed by atoms with E-state index in [2.05, 4.69) is 41.6 Å². The predicted octanol–water partition coefficient (Wildman–Crippen LogP) is 3.98. The van der Waals surface area contributed by atoms with Gasteiger partial charge in [0.1, 0.15) is 11.6 Å². The van der Waals surface area contributed by atoms with Crippen LogP contribution in [0.2, 0.25) is 0 Å². The maximum Gasteiger partial charge on any atom is 0.227 e. The summed E-state index contributed by atoms with van der Waals surface area (Å²) in [5, 5.41) is 11.9. The summed E-state index contributed by atoms with van der Waals surface area (Å²) < 4.78 is 7.28. The number of hydrogen-bond acceptors (Lipinski definition) is 6. The van der Waals surface area contributed by atoms with Crippen LogP contribution in [0.1, 0.15) is 48.3 Å². The number of rotatable bonds is 7. The first-order valence-electron chi connectivity index (χ1n) is 10.8. The zero-order valence-corrected chi connectivity index (χ0v) is 18.7. The largest absolute Gasteiger partial charge is 0.497 e. The molecule has 160 valence electrons. The molecule has 0 amide bonds. The van der Waals surface area contributed by atoms with Gasteiger partial charge in [-0.1, -0.05) is 12.8 Å². The SMILES string of the molecule is COc1cc(C)c(-c2c(C)nn3c(NCCNC4CCCC4)nc(C)nc23)c(C)c1. The minimum Gasteiger partial charge on any atom is -0.497 e. The molecule has 4 rings (SSSR count). The standard InChI is InChI=1S/C23H32N6O/c1-14-12-19(30-5)13-15(2)20(14)21-16(3)28-29-22(21)26-17(4)27-23(29)25-11-10-24-18-8-6-7-9-18/h12-13,18,24H,6-11H2,1-5H3,(H,25,26,27). The third-order valence-electron chi connectivity index (χ3n) is 5.96. The lowest BCUT2D eigenvalue weighted by Crippen LogP contribution is -2.31. The van der Waals surface area contributed by atoms with Crippen LogP contribution in [0.5, 0.6) is 5.75 Å². The molecule has 0 aliphatic heterocycles. The molecule has 1 aromatic carbocycles. The Hall–Kier alpha value is -2.67. The van der Waals surface area contributed by atoms with Crippen molar-refractivity contribution >= 4 is 11.6 Å². The number of hydrogen-bond donors (Lipinski definition) is 2. The Morgan fingerprint density at radius 3 is 2.37 bits per heavy atom. The minimum atomic E-state index is 0.665. The van der Waals surface area contributed by atoms with Gasteiger partial charge in [0.05, 0.1) is 18.4 Å². The van der Waals surface area contributed by atoms with Crippen molar-refractivity contribution in [2.45, 2.75) is 59.4 Å². The van der Waals surface area contributed by atoms with Crippen LogP contribution in [-0.2, 0) is 0 Å². The van der Waals surface area contributed by atoms with Crippen LogP contribution in [0.25, 0.3) is 16.8 Å². The quantitative estimate of drug-likeness (QED) is 0.576. The molecule has 0 unspecified atom stereocenters. The van der Waals surface area contributed by atoms with Gasteiger partial charge in [0.2, 0.25) is 5.95 Å². The molecule has 3 aromatic rings. The highest BCUT2D eigenvalue weighted by atomic mass is 16.5.